The van der Waals surface area contributed by atoms with Crippen LogP contribution in [0.2, 0.25) is 0 Å². The molecule has 6 heteroatoms. The van der Waals surface area contributed by atoms with Crippen molar-refractivity contribution in [2.75, 3.05) is 6.54 Å². The van der Waals surface area contributed by atoms with E-state index in [0.717, 1.165) is 42.5 Å². The number of aromatic nitrogens is 3. The van der Waals surface area contributed by atoms with E-state index in [1.807, 2.05) is 43.3 Å². The molecule has 2 heterocycles. The van der Waals surface area contributed by atoms with E-state index in [1.54, 1.807) is 6.20 Å². The Labute approximate surface area is 176 Å². The van der Waals surface area contributed by atoms with Gasteiger partial charge in [0.15, 0.2) is 0 Å². The highest BCUT2D eigenvalue weighted by molar-refractivity contribution is 5.80. The van der Waals surface area contributed by atoms with Crippen LogP contribution in [0.15, 0.2) is 53.2 Å². The molecule has 2 aliphatic carbocycles. The minimum Gasteiger partial charge on any atom is -0.355 e. The first-order valence-corrected chi connectivity index (χ1v) is 10.8. The molecule has 0 aliphatic heterocycles. The number of carbonyl (C=O) groups is 1. The van der Waals surface area contributed by atoms with Crippen molar-refractivity contribution in [2.45, 2.75) is 38.5 Å². The fraction of sp³-hybridized carbons (Fsp3) is 0.417. The quantitative estimate of drug-likeness (QED) is 0.676. The van der Waals surface area contributed by atoms with E-state index in [0.29, 0.717) is 30.1 Å². The number of hydrogen-bond acceptors (Lipinski definition) is 5. The number of pyridine rings is 1. The maximum atomic E-state index is 13.1. The predicted molar refractivity (Wildman–Crippen MR) is 112 cm³/mol. The zero-order valence-corrected chi connectivity index (χ0v) is 17.1. The Morgan fingerprint density at radius 2 is 2.07 bits per heavy atom. The number of nitrogens with zero attached hydrogens (tertiary/aromatic N) is 3. The highest BCUT2D eigenvalue weighted by Crippen LogP contribution is 2.56. The monoisotopic (exact) mass is 402 g/mol. The number of nitrogens with one attached hydrogen (secondary N) is 1. The van der Waals surface area contributed by atoms with Gasteiger partial charge in [-0.3, -0.25) is 9.78 Å². The lowest BCUT2D eigenvalue weighted by Gasteiger charge is -2.27. The molecule has 154 valence electrons. The van der Waals surface area contributed by atoms with Gasteiger partial charge in [-0.1, -0.05) is 35.0 Å². The van der Waals surface area contributed by atoms with Gasteiger partial charge in [-0.2, -0.15) is 4.98 Å². The Balaban J connectivity index is 1.31. The molecular formula is C24H26N4O2. The van der Waals surface area contributed by atoms with Crippen LogP contribution in [0.5, 0.6) is 0 Å². The molecular weight excluding hydrogens is 376 g/mol. The van der Waals surface area contributed by atoms with Crippen LogP contribution in [-0.2, 0) is 11.2 Å². The van der Waals surface area contributed by atoms with Crippen LogP contribution in [0.3, 0.4) is 0 Å². The van der Waals surface area contributed by atoms with Crippen LogP contribution in [-0.4, -0.2) is 27.6 Å². The second-order valence-corrected chi connectivity index (χ2v) is 8.57. The maximum Gasteiger partial charge on any atom is 0.231 e. The van der Waals surface area contributed by atoms with Gasteiger partial charge in [0.1, 0.15) is 0 Å². The number of rotatable bonds is 6. The smallest absolute Gasteiger partial charge is 0.231 e. The van der Waals surface area contributed by atoms with E-state index in [2.05, 4.69) is 21.5 Å². The van der Waals surface area contributed by atoms with Crippen LogP contribution < -0.4 is 5.32 Å². The third-order valence-electron chi connectivity index (χ3n) is 6.63. The lowest BCUT2D eigenvalue weighted by atomic mass is 9.78. The minimum atomic E-state index is -0.0849. The zero-order chi connectivity index (χ0) is 20.5. The maximum absolute atomic E-state index is 13.1. The molecule has 5 rings (SSSR count). The fourth-order valence-corrected chi connectivity index (χ4v) is 5.27. The van der Waals surface area contributed by atoms with Crippen molar-refractivity contribution in [2.24, 2.45) is 17.8 Å². The SMILES string of the molecule is Cc1cccc(-c2noc([C@H]3[C@@H]4CC[C@@H](C4)[C@@H]3C(=O)NCCc3ccccn3)n2)c1. The largest absolute Gasteiger partial charge is 0.355 e. The number of benzene rings is 1. The third kappa shape index (κ3) is 3.62. The standard InChI is InChI=1S/C24H26N4O2/c1-15-5-4-6-18(13-15)22-27-24(30-28-22)21-17-9-8-16(14-17)20(21)23(29)26-12-10-19-7-2-3-11-25-19/h2-7,11,13,16-17,20-21H,8-10,12,14H2,1H3,(H,26,29)/t16-,17+,20-,21-/m0/s1. The lowest BCUT2D eigenvalue weighted by molar-refractivity contribution is -0.127. The van der Waals surface area contributed by atoms with Crippen LogP contribution in [0.4, 0.5) is 0 Å². The summed E-state index contributed by atoms with van der Waals surface area (Å²) in [7, 11) is 0. The number of amides is 1. The molecule has 0 unspecified atom stereocenters. The molecule has 2 fully saturated rings. The topological polar surface area (TPSA) is 80.9 Å². The van der Waals surface area contributed by atoms with Gasteiger partial charge >= 0.3 is 0 Å². The molecule has 4 atom stereocenters. The van der Waals surface area contributed by atoms with Crippen molar-refractivity contribution in [3.05, 3.63) is 65.8 Å². The molecule has 0 radical (unpaired) electrons. The molecule has 1 amide bonds. The Morgan fingerprint density at radius 3 is 2.90 bits per heavy atom. The minimum absolute atomic E-state index is 0.0182. The number of carbonyl (C=O) groups excluding carboxylic acids is 1. The number of fused-ring (bicyclic) bond motifs is 2. The molecule has 6 nitrogen and oxygen atoms in total. The van der Waals surface area contributed by atoms with Crippen molar-refractivity contribution in [3.63, 3.8) is 0 Å². The molecule has 0 saturated heterocycles. The summed E-state index contributed by atoms with van der Waals surface area (Å²) in [4.78, 5) is 22.2. The van der Waals surface area contributed by atoms with Crippen molar-refractivity contribution in [1.82, 2.24) is 20.4 Å². The summed E-state index contributed by atoms with van der Waals surface area (Å²) < 4.78 is 5.70. The van der Waals surface area contributed by atoms with E-state index in [1.165, 1.54) is 0 Å². The van der Waals surface area contributed by atoms with Crippen LogP contribution in [0.1, 0.15) is 42.3 Å². The molecule has 2 aliphatic rings. The summed E-state index contributed by atoms with van der Waals surface area (Å²) >= 11 is 0. The van der Waals surface area contributed by atoms with Crippen molar-refractivity contribution < 1.29 is 9.32 Å². The molecule has 2 bridgehead atoms. The Kier molecular flexibility index (Phi) is 5.07. The van der Waals surface area contributed by atoms with E-state index >= 15 is 0 Å². The Bertz CT molecular complexity index is 1030. The van der Waals surface area contributed by atoms with Gasteiger partial charge in [0, 0.05) is 30.4 Å². The van der Waals surface area contributed by atoms with Gasteiger partial charge in [0.25, 0.3) is 0 Å². The highest BCUT2D eigenvalue weighted by atomic mass is 16.5. The highest BCUT2D eigenvalue weighted by Gasteiger charge is 2.53. The van der Waals surface area contributed by atoms with Gasteiger partial charge in [-0.05, 0) is 56.2 Å². The van der Waals surface area contributed by atoms with Gasteiger partial charge in [0.05, 0.1) is 11.8 Å². The number of aryl methyl sites for hydroxylation is 1. The molecule has 1 aromatic carbocycles. The van der Waals surface area contributed by atoms with Crippen molar-refractivity contribution in [3.8, 4) is 11.4 Å². The summed E-state index contributed by atoms with van der Waals surface area (Å²) in [6, 6.07) is 13.9. The van der Waals surface area contributed by atoms with E-state index in [4.69, 9.17) is 9.51 Å². The Morgan fingerprint density at radius 1 is 1.17 bits per heavy atom. The Hall–Kier alpha value is -3.02. The molecule has 0 spiro atoms. The second kappa shape index (κ2) is 8.01. The first-order valence-electron chi connectivity index (χ1n) is 10.8. The summed E-state index contributed by atoms with van der Waals surface area (Å²) in [6.45, 7) is 2.64. The predicted octanol–water partition coefficient (Wildman–Crippen LogP) is 3.93. The second-order valence-electron chi connectivity index (χ2n) is 8.57. The van der Waals surface area contributed by atoms with E-state index in [9.17, 15) is 4.79 Å². The molecule has 3 aromatic rings. The van der Waals surface area contributed by atoms with Crippen LogP contribution >= 0.6 is 0 Å². The van der Waals surface area contributed by atoms with Crippen LogP contribution in [0, 0.1) is 24.7 Å². The van der Waals surface area contributed by atoms with Crippen molar-refractivity contribution >= 4 is 5.91 Å². The summed E-state index contributed by atoms with van der Waals surface area (Å²) in [5, 5.41) is 7.36. The fourth-order valence-electron chi connectivity index (χ4n) is 5.27. The third-order valence-corrected chi connectivity index (χ3v) is 6.63. The summed E-state index contributed by atoms with van der Waals surface area (Å²) in [5.74, 6) is 2.12. The normalized spacial score (nSPS) is 24.8. The molecule has 2 saturated carbocycles. The molecule has 2 aromatic heterocycles. The summed E-state index contributed by atoms with van der Waals surface area (Å²) in [5.41, 5.74) is 3.09. The molecule has 30 heavy (non-hydrogen) atoms. The average molecular weight is 402 g/mol. The van der Waals surface area contributed by atoms with Gasteiger partial charge in [-0.15, -0.1) is 0 Å². The zero-order valence-electron chi connectivity index (χ0n) is 17.1. The molecule has 1 N–H and O–H groups in total. The first kappa shape index (κ1) is 19.0. The van der Waals surface area contributed by atoms with Gasteiger partial charge < -0.3 is 9.84 Å². The van der Waals surface area contributed by atoms with Gasteiger partial charge in [-0.25, -0.2) is 0 Å². The first-order chi connectivity index (χ1) is 14.7. The lowest BCUT2D eigenvalue weighted by Crippen LogP contribution is -2.38. The average Bonchev–Trinajstić information content (AvgIpc) is 3.50. The summed E-state index contributed by atoms with van der Waals surface area (Å²) in [6.07, 6.45) is 5.83. The van der Waals surface area contributed by atoms with E-state index < -0.39 is 0 Å². The van der Waals surface area contributed by atoms with Crippen molar-refractivity contribution in [1.29, 1.82) is 0 Å². The van der Waals surface area contributed by atoms with E-state index in [-0.39, 0.29) is 17.7 Å². The number of hydrogen-bond donors (Lipinski definition) is 1. The van der Waals surface area contributed by atoms with Gasteiger partial charge in [0.2, 0.25) is 17.6 Å². The van der Waals surface area contributed by atoms with Crippen LogP contribution in [0.25, 0.3) is 11.4 Å².